The van der Waals surface area contributed by atoms with E-state index in [4.69, 9.17) is 0 Å². The lowest BCUT2D eigenvalue weighted by molar-refractivity contribution is -0.139. The average Bonchev–Trinajstić information content (AvgIpc) is 2.52. The second kappa shape index (κ2) is 8.22. The SMILES string of the molecule is O=C(O)[C@H](Cc1ccccc1)NCCCc1ccccc1. The zero-order valence-electron chi connectivity index (χ0n) is 12.0. The molecule has 0 saturated carbocycles. The Morgan fingerprint density at radius 1 is 0.952 bits per heavy atom. The predicted molar refractivity (Wildman–Crippen MR) is 84.3 cm³/mol. The Balaban J connectivity index is 1.77. The van der Waals surface area contributed by atoms with Crippen molar-refractivity contribution in [2.24, 2.45) is 0 Å². The van der Waals surface area contributed by atoms with Gasteiger partial charge >= 0.3 is 5.97 Å². The van der Waals surface area contributed by atoms with Gasteiger partial charge in [-0.3, -0.25) is 4.79 Å². The van der Waals surface area contributed by atoms with Crippen LogP contribution in [0.4, 0.5) is 0 Å². The molecule has 2 rings (SSSR count). The van der Waals surface area contributed by atoms with Crippen LogP contribution in [0.2, 0.25) is 0 Å². The second-order valence-corrected chi connectivity index (χ2v) is 5.12. The van der Waals surface area contributed by atoms with Crippen LogP contribution in [0, 0.1) is 0 Å². The topological polar surface area (TPSA) is 49.3 Å². The zero-order valence-corrected chi connectivity index (χ0v) is 12.0. The highest BCUT2D eigenvalue weighted by Crippen LogP contribution is 2.05. The van der Waals surface area contributed by atoms with Gasteiger partial charge < -0.3 is 10.4 Å². The van der Waals surface area contributed by atoms with Gasteiger partial charge in [-0.2, -0.15) is 0 Å². The van der Waals surface area contributed by atoms with Crippen molar-refractivity contribution in [3.63, 3.8) is 0 Å². The minimum absolute atomic E-state index is 0.515. The smallest absolute Gasteiger partial charge is 0.321 e. The molecular formula is C18H21NO2. The lowest BCUT2D eigenvalue weighted by Crippen LogP contribution is -2.39. The molecule has 0 aliphatic rings. The molecule has 21 heavy (non-hydrogen) atoms. The fourth-order valence-electron chi connectivity index (χ4n) is 2.31. The van der Waals surface area contributed by atoms with Crippen molar-refractivity contribution in [2.75, 3.05) is 6.54 Å². The molecule has 0 amide bonds. The maximum absolute atomic E-state index is 11.3. The number of hydrogen-bond acceptors (Lipinski definition) is 2. The van der Waals surface area contributed by atoms with Crippen LogP contribution in [0.1, 0.15) is 17.5 Å². The highest BCUT2D eigenvalue weighted by molar-refractivity contribution is 5.73. The molecular weight excluding hydrogens is 262 g/mol. The van der Waals surface area contributed by atoms with Gasteiger partial charge in [0.2, 0.25) is 0 Å². The van der Waals surface area contributed by atoms with E-state index in [0.717, 1.165) is 18.4 Å². The first-order chi connectivity index (χ1) is 10.3. The van der Waals surface area contributed by atoms with Gasteiger partial charge in [0.25, 0.3) is 0 Å². The fourth-order valence-corrected chi connectivity index (χ4v) is 2.31. The molecule has 0 aromatic heterocycles. The van der Waals surface area contributed by atoms with Crippen LogP contribution in [0.3, 0.4) is 0 Å². The standard InChI is InChI=1S/C18H21NO2/c20-18(21)17(14-16-10-5-2-6-11-16)19-13-7-12-15-8-3-1-4-9-15/h1-6,8-11,17,19H,7,12-14H2,(H,20,21)/t17-/m0/s1. The average molecular weight is 283 g/mol. The van der Waals surface area contributed by atoms with Crippen molar-refractivity contribution < 1.29 is 9.90 Å². The first-order valence-electron chi connectivity index (χ1n) is 7.30. The third-order valence-corrected chi connectivity index (χ3v) is 3.46. The van der Waals surface area contributed by atoms with Crippen LogP contribution in [0.25, 0.3) is 0 Å². The molecule has 3 nitrogen and oxygen atoms in total. The molecule has 0 bridgehead atoms. The molecule has 0 heterocycles. The van der Waals surface area contributed by atoms with Gasteiger partial charge in [-0.15, -0.1) is 0 Å². The number of rotatable bonds is 8. The second-order valence-electron chi connectivity index (χ2n) is 5.12. The third-order valence-electron chi connectivity index (χ3n) is 3.46. The number of aliphatic carboxylic acids is 1. The molecule has 0 fully saturated rings. The number of benzene rings is 2. The predicted octanol–water partition coefficient (Wildman–Crippen LogP) is 2.90. The zero-order chi connectivity index (χ0) is 14.9. The summed E-state index contributed by atoms with van der Waals surface area (Å²) in [6, 6.07) is 19.4. The maximum Gasteiger partial charge on any atom is 0.321 e. The van der Waals surface area contributed by atoms with Crippen molar-refractivity contribution in [2.45, 2.75) is 25.3 Å². The van der Waals surface area contributed by atoms with E-state index in [1.807, 2.05) is 48.5 Å². The first kappa shape index (κ1) is 15.3. The van der Waals surface area contributed by atoms with Crippen LogP contribution in [-0.2, 0) is 17.6 Å². The van der Waals surface area contributed by atoms with E-state index in [1.54, 1.807) is 0 Å². The number of hydrogen-bond donors (Lipinski definition) is 2. The Kier molecular flexibility index (Phi) is 5.98. The highest BCUT2D eigenvalue weighted by atomic mass is 16.4. The van der Waals surface area contributed by atoms with Crippen molar-refractivity contribution in [3.8, 4) is 0 Å². The molecule has 3 heteroatoms. The number of carboxylic acids is 1. The summed E-state index contributed by atoms with van der Waals surface area (Å²) in [6.07, 6.45) is 2.41. The Morgan fingerprint density at radius 2 is 1.52 bits per heavy atom. The van der Waals surface area contributed by atoms with E-state index in [0.29, 0.717) is 13.0 Å². The van der Waals surface area contributed by atoms with Crippen molar-refractivity contribution in [3.05, 3.63) is 71.8 Å². The molecule has 0 radical (unpaired) electrons. The normalized spacial score (nSPS) is 12.0. The van der Waals surface area contributed by atoms with Gasteiger partial charge in [-0.05, 0) is 36.9 Å². The largest absolute Gasteiger partial charge is 0.480 e. The van der Waals surface area contributed by atoms with Gasteiger partial charge in [0.05, 0.1) is 0 Å². The van der Waals surface area contributed by atoms with E-state index in [-0.39, 0.29) is 0 Å². The summed E-state index contributed by atoms with van der Waals surface area (Å²) < 4.78 is 0. The summed E-state index contributed by atoms with van der Waals surface area (Å²) in [5, 5.41) is 12.4. The van der Waals surface area contributed by atoms with Gasteiger partial charge in [0.1, 0.15) is 6.04 Å². The van der Waals surface area contributed by atoms with Gasteiger partial charge in [-0.25, -0.2) is 0 Å². The van der Waals surface area contributed by atoms with E-state index in [1.165, 1.54) is 5.56 Å². The minimum atomic E-state index is -0.793. The molecule has 0 spiro atoms. The summed E-state index contributed by atoms with van der Waals surface area (Å²) >= 11 is 0. The summed E-state index contributed by atoms with van der Waals surface area (Å²) in [5.74, 6) is -0.793. The first-order valence-corrected chi connectivity index (χ1v) is 7.30. The Bertz CT molecular complexity index is 540. The number of aryl methyl sites for hydroxylation is 1. The summed E-state index contributed by atoms with van der Waals surface area (Å²) in [7, 11) is 0. The van der Waals surface area contributed by atoms with E-state index in [2.05, 4.69) is 17.4 Å². The number of carbonyl (C=O) groups is 1. The lowest BCUT2D eigenvalue weighted by Gasteiger charge is -2.14. The van der Waals surface area contributed by atoms with Crippen molar-refractivity contribution >= 4 is 5.97 Å². The van der Waals surface area contributed by atoms with Crippen LogP contribution >= 0.6 is 0 Å². The van der Waals surface area contributed by atoms with Crippen LogP contribution in [0.5, 0.6) is 0 Å². The monoisotopic (exact) mass is 283 g/mol. The van der Waals surface area contributed by atoms with Crippen LogP contribution in [0.15, 0.2) is 60.7 Å². The van der Waals surface area contributed by atoms with Crippen molar-refractivity contribution in [1.29, 1.82) is 0 Å². The quantitative estimate of drug-likeness (QED) is 0.732. The molecule has 0 aliphatic heterocycles. The Hall–Kier alpha value is -2.13. The van der Waals surface area contributed by atoms with E-state index < -0.39 is 12.0 Å². The fraction of sp³-hybridized carbons (Fsp3) is 0.278. The van der Waals surface area contributed by atoms with Crippen LogP contribution in [-0.4, -0.2) is 23.7 Å². The number of nitrogens with one attached hydrogen (secondary N) is 1. The van der Waals surface area contributed by atoms with Gasteiger partial charge in [0, 0.05) is 0 Å². The van der Waals surface area contributed by atoms with E-state index in [9.17, 15) is 9.90 Å². The Labute approximate surface area is 125 Å². The summed E-state index contributed by atoms with van der Waals surface area (Å²) in [4.78, 5) is 11.3. The molecule has 2 aromatic carbocycles. The minimum Gasteiger partial charge on any atom is -0.480 e. The molecule has 2 aromatic rings. The number of carboxylic acid groups (broad SMARTS) is 1. The Morgan fingerprint density at radius 3 is 2.10 bits per heavy atom. The van der Waals surface area contributed by atoms with E-state index >= 15 is 0 Å². The van der Waals surface area contributed by atoms with Gasteiger partial charge in [-0.1, -0.05) is 60.7 Å². The highest BCUT2D eigenvalue weighted by Gasteiger charge is 2.16. The summed E-state index contributed by atoms with van der Waals surface area (Å²) in [5.41, 5.74) is 2.33. The molecule has 0 unspecified atom stereocenters. The molecule has 0 saturated heterocycles. The lowest BCUT2D eigenvalue weighted by atomic mass is 10.1. The molecule has 110 valence electrons. The maximum atomic E-state index is 11.3. The molecule has 0 aliphatic carbocycles. The van der Waals surface area contributed by atoms with Crippen molar-refractivity contribution in [1.82, 2.24) is 5.32 Å². The van der Waals surface area contributed by atoms with Gasteiger partial charge in [0.15, 0.2) is 0 Å². The third kappa shape index (κ3) is 5.40. The summed E-state index contributed by atoms with van der Waals surface area (Å²) in [6.45, 7) is 0.707. The molecule has 1 atom stereocenters. The van der Waals surface area contributed by atoms with Crippen LogP contribution < -0.4 is 5.32 Å². The molecule has 2 N–H and O–H groups in total.